The molecule has 27 heavy (non-hydrogen) atoms. The van der Waals surface area contributed by atoms with Gasteiger partial charge in [0.2, 0.25) is 11.8 Å². The van der Waals surface area contributed by atoms with Crippen LogP contribution in [0.1, 0.15) is 24.0 Å². The van der Waals surface area contributed by atoms with Gasteiger partial charge in [-0.3, -0.25) is 9.59 Å². The highest BCUT2D eigenvalue weighted by molar-refractivity contribution is 6.07. The van der Waals surface area contributed by atoms with Gasteiger partial charge in [-0.1, -0.05) is 24.3 Å². The first kappa shape index (κ1) is 18.9. The maximum absolute atomic E-state index is 12.9. The summed E-state index contributed by atoms with van der Waals surface area (Å²) < 4.78 is 18.0. The number of benzene rings is 2. The standard InChI is InChI=1S/C21H23FN2O3/c1-27-18-8-4-15(5-9-18)10-13-23-19(25)21(11-12-21)20(26)24-14-16-2-6-17(22)7-3-16/h2-9H,10-14H2,1H3,(H,23,25)(H,24,26). The molecule has 0 atom stereocenters. The third kappa shape index (κ3) is 4.64. The fraction of sp³-hybridized carbons (Fsp3) is 0.333. The number of nitrogens with one attached hydrogen (secondary N) is 2. The lowest BCUT2D eigenvalue weighted by Crippen LogP contribution is -2.43. The molecule has 0 unspecified atom stereocenters. The summed E-state index contributed by atoms with van der Waals surface area (Å²) in [6.45, 7) is 0.748. The first-order chi connectivity index (χ1) is 13.0. The molecule has 0 bridgehead atoms. The molecule has 0 heterocycles. The molecule has 0 aromatic heterocycles. The minimum atomic E-state index is -0.958. The summed E-state index contributed by atoms with van der Waals surface area (Å²) in [7, 11) is 1.62. The SMILES string of the molecule is COc1ccc(CCNC(=O)C2(C(=O)NCc3ccc(F)cc3)CC2)cc1. The highest BCUT2D eigenvalue weighted by atomic mass is 19.1. The minimum absolute atomic E-state index is 0.229. The second kappa shape index (κ2) is 8.20. The van der Waals surface area contributed by atoms with Crippen LogP contribution in [-0.2, 0) is 22.6 Å². The molecule has 2 amide bonds. The third-order valence-electron chi connectivity index (χ3n) is 4.84. The van der Waals surface area contributed by atoms with Crippen LogP contribution in [0.2, 0.25) is 0 Å². The highest BCUT2D eigenvalue weighted by Gasteiger charge is 2.56. The van der Waals surface area contributed by atoms with E-state index in [4.69, 9.17) is 4.74 Å². The molecule has 3 rings (SSSR count). The topological polar surface area (TPSA) is 67.4 Å². The molecule has 1 saturated carbocycles. The molecular formula is C21H23FN2O3. The monoisotopic (exact) mass is 370 g/mol. The van der Waals surface area contributed by atoms with Gasteiger partial charge in [0, 0.05) is 13.1 Å². The first-order valence-electron chi connectivity index (χ1n) is 8.97. The predicted octanol–water partition coefficient (Wildman–Crippen LogP) is 2.59. The Bertz CT molecular complexity index is 799. The second-order valence-electron chi connectivity index (χ2n) is 6.75. The van der Waals surface area contributed by atoms with Crippen LogP contribution in [0.3, 0.4) is 0 Å². The lowest BCUT2D eigenvalue weighted by molar-refractivity contribution is -0.137. The summed E-state index contributed by atoms with van der Waals surface area (Å²) in [5.74, 6) is -0.0288. The Hall–Kier alpha value is -2.89. The van der Waals surface area contributed by atoms with Gasteiger partial charge >= 0.3 is 0 Å². The Morgan fingerprint density at radius 2 is 1.56 bits per heavy atom. The molecule has 0 spiro atoms. The number of ether oxygens (including phenoxy) is 1. The van der Waals surface area contributed by atoms with E-state index in [0.29, 0.717) is 25.8 Å². The van der Waals surface area contributed by atoms with Crippen molar-refractivity contribution in [3.63, 3.8) is 0 Å². The average Bonchev–Trinajstić information content (AvgIpc) is 3.50. The molecule has 142 valence electrons. The van der Waals surface area contributed by atoms with Crippen LogP contribution < -0.4 is 15.4 Å². The van der Waals surface area contributed by atoms with Crippen molar-refractivity contribution in [1.29, 1.82) is 0 Å². The quantitative estimate of drug-likeness (QED) is 0.702. The number of hydrogen-bond donors (Lipinski definition) is 2. The Labute approximate surface area is 157 Å². The Balaban J connectivity index is 1.46. The average molecular weight is 370 g/mol. The summed E-state index contributed by atoms with van der Waals surface area (Å²) in [4.78, 5) is 24.9. The Morgan fingerprint density at radius 1 is 0.963 bits per heavy atom. The van der Waals surface area contributed by atoms with Gasteiger partial charge in [0.05, 0.1) is 7.11 Å². The fourth-order valence-corrected chi connectivity index (χ4v) is 2.92. The van der Waals surface area contributed by atoms with E-state index in [1.807, 2.05) is 24.3 Å². The van der Waals surface area contributed by atoms with E-state index in [-0.39, 0.29) is 24.2 Å². The molecule has 0 aliphatic heterocycles. The Kier molecular flexibility index (Phi) is 5.74. The van der Waals surface area contributed by atoms with Crippen molar-refractivity contribution in [2.24, 2.45) is 5.41 Å². The van der Waals surface area contributed by atoms with Gasteiger partial charge in [0.1, 0.15) is 17.0 Å². The van der Waals surface area contributed by atoms with E-state index < -0.39 is 5.41 Å². The summed E-state index contributed by atoms with van der Waals surface area (Å²) >= 11 is 0. The van der Waals surface area contributed by atoms with Gasteiger partial charge in [-0.05, 0) is 54.7 Å². The zero-order valence-electron chi connectivity index (χ0n) is 15.3. The van der Waals surface area contributed by atoms with Gasteiger partial charge in [-0.25, -0.2) is 4.39 Å². The van der Waals surface area contributed by atoms with Crippen molar-refractivity contribution in [2.45, 2.75) is 25.8 Å². The van der Waals surface area contributed by atoms with Crippen molar-refractivity contribution >= 4 is 11.8 Å². The van der Waals surface area contributed by atoms with Gasteiger partial charge in [-0.15, -0.1) is 0 Å². The van der Waals surface area contributed by atoms with Crippen molar-refractivity contribution in [3.8, 4) is 5.75 Å². The zero-order valence-corrected chi connectivity index (χ0v) is 15.3. The summed E-state index contributed by atoms with van der Waals surface area (Å²) in [6, 6.07) is 13.6. The molecule has 1 aliphatic rings. The van der Waals surface area contributed by atoms with E-state index >= 15 is 0 Å². The van der Waals surface area contributed by atoms with Gasteiger partial charge in [0.25, 0.3) is 0 Å². The molecule has 0 radical (unpaired) electrons. The normalized spacial score (nSPS) is 14.3. The van der Waals surface area contributed by atoms with Crippen LogP contribution in [0.25, 0.3) is 0 Å². The lowest BCUT2D eigenvalue weighted by Gasteiger charge is -2.15. The summed E-state index contributed by atoms with van der Waals surface area (Å²) in [5.41, 5.74) is 0.919. The van der Waals surface area contributed by atoms with Gasteiger partial charge in [0.15, 0.2) is 0 Å². The molecule has 6 heteroatoms. The van der Waals surface area contributed by atoms with Crippen LogP contribution in [0.15, 0.2) is 48.5 Å². The van der Waals surface area contributed by atoms with E-state index in [9.17, 15) is 14.0 Å². The van der Waals surface area contributed by atoms with Crippen LogP contribution in [0.5, 0.6) is 5.75 Å². The highest BCUT2D eigenvalue weighted by Crippen LogP contribution is 2.46. The maximum Gasteiger partial charge on any atom is 0.235 e. The Morgan fingerprint density at radius 3 is 2.15 bits per heavy atom. The van der Waals surface area contributed by atoms with Crippen molar-refractivity contribution < 1.29 is 18.7 Å². The van der Waals surface area contributed by atoms with Crippen molar-refractivity contribution in [1.82, 2.24) is 10.6 Å². The van der Waals surface area contributed by atoms with Crippen LogP contribution in [0.4, 0.5) is 4.39 Å². The molecule has 2 aromatic carbocycles. The number of carbonyl (C=O) groups excluding carboxylic acids is 2. The maximum atomic E-state index is 12.9. The number of hydrogen-bond acceptors (Lipinski definition) is 3. The number of halogens is 1. The number of amides is 2. The smallest absolute Gasteiger partial charge is 0.235 e. The van der Waals surface area contributed by atoms with Crippen molar-refractivity contribution in [3.05, 3.63) is 65.5 Å². The minimum Gasteiger partial charge on any atom is -0.497 e. The molecule has 2 aromatic rings. The number of carbonyl (C=O) groups is 2. The van der Waals surface area contributed by atoms with E-state index in [1.54, 1.807) is 19.2 Å². The van der Waals surface area contributed by atoms with Crippen molar-refractivity contribution in [2.75, 3.05) is 13.7 Å². The van der Waals surface area contributed by atoms with E-state index in [2.05, 4.69) is 10.6 Å². The third-order valence-corrected chi connectivity index (χ3v) is 4.84. The van der Waals surface area contributed by atoms with E-state index in [0.717, 1.165) is 16.9 Å². The molecule has 1 aliphatic carbocycles. The molecule has 2 N–H and O–H groups in total. The number of rotatable bonds is 8. The molecule has 1 fully saturated rings. The summed E-state index contributed by atoms with van der Waals surface area (Å²) in [6.07, 6.45) is 1.79. The molecule has 5 nitrogen and oxygen atoms in total. The van der Waals surface area contributed by atoms with Crippen LogP contribution in [0, 0.1) is 11.2 Å². The predicted molar refractivity (Wildman–Crippen MR) is 99.6 cm³/mol. The van der Waals surface area contributed by atoms with Gasteiger partial charge < -0.3 is 15.4 Å². The first-order valence-corrected chi connectivity index (χ1v) is 8.97. The summed E-state index contributed by atoms with van der Waals surface area (Å²) in [5, 5.41) is 5.66. The van der Waals surface area contributed by atoms with Gasteiger partial charge in [-0.2, -0.15) is 0 Å². The molecular weight excluding hydrogens is 347 g/mol. The zero-order chi connectivity index (χ0) is 19.3. The molecule has 0 saturated heterocycles. The van der Waals surface area contributed by atoms with E-state index in [1.165, 1.54) is 12.1 Å². The lowest BCUT2D eigenvalue weighted by atomic mass is 10.0. The number of methoxy groups -OCH3 is 1. The van der Waals surface area contributed by atoms with Crippen LogP contribution >= 0.6 is 0 Å². The largest absolute Gasteiger partial charge is 0.497 e. The fourth-order valence-electron chi connectivity index (χ4n) is 2.92. The second-order valence-corrected chi connectivity index (χ2v) is 6.75. The van der Waals surface area contributed by atoms with Crippen LogP contribution in [-0.4, -0.2) is 25.5 Å².